The molecule has 1 aromatic rings. The summed E-state index contributed by atoms with van der Waals surface area (Å²) in [5.41, 5.74) is 0. The number of hydrogen-bond donors (Lipinski definition) is 3. The predicted octanol–water partition coefficient (Wildman–Crippen LogP) is 0.560. The topological polar surface area (TPSA) is 91.8 Å². The highest BCUT2D eigenvalue weighted by molar-refractivity contribution is 7.88. The van der Waals surface area contributed by atoms with Crippen LogP contribution >= 0.6 is 0 Å². The van der Waals surface area contributed by atoms with Gasteiger partial charge in [0.25, 0.3) is 0 Å². The van der Waals surface area contributed by atoms with Crippen molar-refractivity contribution in [2.45, 2.75) is 12.8 Å². The highest BCUT2D eigenvalue weighted by atomic mass is 32.2. The van der Waals surface area contributed by atoms with E-state index in [4.69, 9.17) is 4.74 Å². The van der Waals surface area contributed by atoms with E-state index in [2.05, 4.69) is 20.3 Å². The Morgan fingerprint density at radius 2 is 1.74 bits per heavy atom. The summed E-state index contributed by atoms with van der Waals surface area (Å²) in [5.74, 6) is 1.57. The number of benzene rings is 1. The number of para-hydroxylation sites is 1. The minimum Gasteiger partial charge on any atom is -0.494 e. The van der Waals surface area contributed by atoms with Gasteiger partial charge in [0.15, 0.2) is 5.96 Å². The summed E-state index contributed by atoms with van der Waals surface area (Å²) in [6, 6.07) is 9.70. The highest BCUT2D eigenvalue weighted by Gasteiger charge is 2.00. The number of rotatable bonds is 10. The maximum Gasteiger partial charge on any atom is 0.208 e. The zero-order valence-electron chi connectivity index (χ0n) is 13.7. The first-order valence-electron chi connectivity index (χ1n) is 7.58. The van der Waals surface area contributed by atoms with Crippen LogP contribution in [0.5, 0.6) is 5.75 Å². The summed E-state index contributed by atoms with van der Waals surface area (Å²) in [6.07, 6.45) is 2.69. The number of sulfonamides is 1. The molecule has 0 aromatic heterocycles. The van der Waals surface area contributed by atoms with Crippen LogP contribution in [0.15, 0.2) is 35.3 Å². The predicted molar refractivity (Wildman–Crippen MR) is 93.4 cm³/mol. The summed E-state index contributed by atoms with van der Waals surface area (Å²) in [7, 11) is -1.41. The lowest BCUT2D eigenvalue weighted by Gasteiger charge is -2.12. The van der Waals surface area contributed by atoms with E-state index in [1.54, 1.807) is 7.05 Å². The molecule has 0 amide bonds. The fraction of sp³-hybridized carbons (Fsp3) is 0.533. The lowest BCUT2D eigenvalue weighted by molar-refractivity contribution is 0.311. The first-order valence-corrected chi connectivity index (χ1v) is 9.47. The molecule has 0 heterocycles. The SMILES string of the molecule is CN=C(NCCCNS(C)(=O)=O)NCCCOc1ccccc1. The molecular formula is C15H26N4O3S. The molecule has 0 aliphatic rings. The van der Waals surface area contributed by atoms with Crippen molar-refractivity contribution in [3.8, 4) is 5.75 Å². The second-order valence-electron chi connectivity index (χ2n) is 4.96. The number of guanidine groups is 1. The fourth-order valence-corrected chi connectivity index (χ4v) is 2.27. The second-order valence-corrected chi connectivity index (χ2v) is 6.79. The zero-order valence-corrected chi connectivity index (χ0v) is 14.5. The summed E-state index contributed by atoms with van der Waals surface area (Å²) in [6.45, 7) is 2.43. The van der Waals surface area contributed by atoms with E-state index in [1.807, 2.05) is 30.3 Å². The van der Waals surface area contributed by atoms with Gasteiger partial charge in [-0.15, -0.1) is 0 Å². The number of nitrogens with one attached hydrogen (secondary N) is 3. The normalized spacial score (nSPS) is 12.0. The first kappa shape index (κ1) is 19.2. The summed E-state index contributed by atoms with van der Waals surface area (Å²) in [5, 5.41) is 6.31. The lowest BCUT2D eigenvalue weighted by Crippen LogP contribution is -2.39. The third kappa shape index (κ3) is 10.5. The lowest BCUT2D eigenvalue weighted by atomic mass is 10.3. The first-order chi connectivity index (χ1) is 11.0. The number of ether oxygens (including phenoxy) is 1. The average Bonchev–Trinajstić information content (AvgIpc) is 2.52. The maximum absolute atomic E-state index is 10.9. The minimum absolute atomic E-state index is 0.410. The van der Waals surface area contributed by atoms with Gasteiger partial charge in [-0.2, -0.15) is 0 Å². The van der Waals surface area contributed by atoms with Crippen LogP contribution in [-0.4, -0.2) is 53.9 Å². The van der Waals surface area contributed by atoms with Crippen molar-refractivity contribution in [2.75, 3.05) is 39.5 Å². The van der Waals surface area contributed by atoms with E-state index >= 15 is 0 Å². The monoisotopic (exact) mass is 342 g/mol. The van der Waals surface area contributed by atoms with E-state index in [0.29, 0.717) is 32.1 Å². The van der Waals surface area contributed by atoms with Crippen molar-refractivity contribution in [2.24, 2.45) is 4.99 Å². The van der Waals surface area contributed by atoms with Crippen LogP contribution in [0.3, 0.4) is 0 Å². The average molecular weight is 342 g/mol. The molecule has 130 valence electrons. The van der Waals surface area contributed by atoms with Gasteiger partial charge in [-0.05, 0) is 25.0 Å². The molecule has 0 spiro atoms. The number of aliphatic imine (C=N–C) groups is 1. The molecule has 1 rings (SSSR count). The Morgan fingerprint density at radius 3 is 2.35 bits per heavy atom. The standard InChI is InChI=1S/C15H26N4O3S/c1-16-15(17-10-6-12-19-23(2,20)21)18-11-7-13-22-14-8-4-3-5-9-14/h3-5,8-9,19H,6-7,10-13H2,1-2H3,(H2,16,17,18). The van der Waals surface area contributed by atoms with Crippen LogP contribution in [0.1, 0.15) is 12.8 Å². The third-order valence-electron chi connectivity index (χ3n) is 2.86. The largest absolute Gasteiger partial charge is 0.494 e. The Hall–Kier alpha value is -1.80. The van der Waals surface area contributed by atoms with Crippen LogP contribution in [0.25, 0.3) is 0 Å². The Bertz CT molecular complexity index is 561. The molecule has 7 nitrogen and oxygen atoms in total. The molecule has 0 atom stereocenters. The Balaban J connectivity index is 2.05. The van der Waals surface area contributed by atoms with Crippen LogP contribution in [0, 0.1) is 0 Å². The molecule has 0 saturated heterocycles. The zero-order chi connectivity index (χ0) is 17.0. The van der Waals surface area contributed by atoms with Crippen molar-refractivity contribution in [1.82, 2.24) is 15.4 Å². The molecule has 8 heteroatoms. The van der Waals surface area contributed by atoms with Gasteiger partial charge < -0.3 is 15.4 Å². The van der Waals surface area contributed by atoms with E-state index in [9.17, 15) is 8.42 Å². The summed E-state index contributed by atoms with van der Waals surface area (Å²) >= 11 is 0. The van der Waals surface area contributed by atoms with Crippen LogP contribution in [0.4, 0.5) is 0 Å². The molecule has 0 radical (unpaired) electrons. The molecule has 0 bridgehead atoms. The molecule has 0 aliphatic heterocycles. The van der Waals surface area contributed by atoms with Crippen molar-refractivity contribution in [1.29, 1.82) is 0 Å². The van der Waals surface area contributed by atoms with Crippen LogP contribution < -0.4 is 20.1 Å². The van der Waals surface area contributed by atoms with Gasteiger partial charge >= 0.3 is 0 Å². The Kier molecular flexibility index (Phi) is 9.08. The molecule has 0 fully saturated rings. The van der Waals surface area contributed by atoms with Gasteiger partial charge in [0, 0.05) is 26.7 Å². The maximum atomic E-state index is 10.9. The van der Waals surface area contributed by atoms with E-state index in [-0.39, 0.29) is 0 Å². The van der Waals surface area contributed by atoms with Gasteiger partial charge in [0.1, 0.15) is 5.75 Å². The van der Waals surface area contributed by atoms with Crippen molar-refractivity contribution in [3.63, 3.8) is 0 Å². The number of hydrogen-bond acceptors (Lipinski definition) is 4. The molecule has 0 aliphatic carbocycles. The van der Waals surface area contributed by atoms with Crippen LogP contribution in [0.2, 0.25) is 0 Å². The minimum atomic E-state index is -3.11. The van der Waals surface area contributed by atoms with Gasteiger partial charge in [0.05, 0.1) is 12.9 Å². The second kappa shape index (κ2) is 10.8. The quantitative estimate of drug-likeness (QED) is 0.328. The van der Waals surface area contributed by atoms with Crippen LogP contribution in [-0.2, 0) is 10.0 Å². The van der Waals surface area contributed by atoms with E-state index < -0.39 is 10.0 Å². The van der Waals surface area contributed by atoms with Crippen molar-refractivity contribution in [3.05, 3.63) is 30.3 Å². The molecule has 0 saturated carbocycles. The highest BCUT2D eigenvalue weighted by Crippen LogP contribution is 2.07. The van der Waals surface area contributed by atoms with Crippen molar-refractivity contribution < 1.29 is 13.2 Å². The van der Waals surface area contributed by atoms with Gasteiger partial charge in [-0.3, -0.25) is 4.99 Å². The van der Waals surface area contributed by atoms with E-state index in [1.165, 1.54) is 0 Å². The van der Waals surface area contributed by atoms with E-state index in [0.717, 1.165) is 25.0 Å². The third-order valence-corrected chi connectivity index (χ3v) is 3.59. The Labute approximate surface area is 138 Å². The molecule has 3 N–H and O–H groups in total. The summed E-state index contributed by atoms with van der Waals surface area (Å²) < 4.78 is 29.9. The molecular weight excluding hydrogens is 316 g/mol. The molecule has 1 aromatic carbocycles. The van der Waals surface area contributed by atoms with Gasteiger partial charge in [0.2, 0.25) is 10.0 Å². The fourth-order valence-electron chi connectivity index (χ4n) is 1.76. The number of nitrogens with zero attached hydrogens (tertiary/aromatic N) is 1. The Morgan fingerprint density at radius 1 is 1.09 bits per heavy atom. The smallest absolute Gasteiger partial charge is 0.208 e. The van der Waals surface area contributed by atoms with Gasteiger partial charge in [-0.1, -0.05) is 18.2 Å². The van der Waals surface area contributed by atoms with Crippen molar-refractivity contribution >= 4 is 16.0 Å². The molecule has 23 heavy (non-hydrogen) atoms. The summed E-state index contributed by atoms with van der Waals surface area (Å²) in [4.78, 5) is 4.11. The molecule has 0 unspecified atom stereocenters. The van der Waals surface area contributed by atoms with Gasteiger partial charge in [-0.25, -0.2) is 13.1 Å².